The molecule has 2 aromatic heterocycles. The number of esters is 2. The van der Waals surface area contributed by atoms with Gasteiger partial charge in [0.25, 0.3) is 5.78 Å². The molecule has 0 radical (unpaired) electrons. The second kappa shape index (κ2) is 7.38. The largest absolute Gasteiger partial charge is 0.457 e. The number of hydrogen-bond acceptors (Lipinski definition) is 8. The number of carbonyl (C=O) groups excluding carboxylic acids is 2. The molecule has 0 N–H and O–H groups in total. The summed E-state index contributed by atoms with van der Waals surface area (Å²) in [5.41, 5.74) is 1.54. The van der Waals surface area contributed by atoms with Crippen molar-refractivity contribution in [1.82, 2.24) is 19.6 Å². The lowest BCUT2D eigenvalue weighted by Gasteiger charge is -2.19. The van der Waals surface area contributed by atoms with Crippen molar-refractivity contribution in [3.63, 3.8) is 0 Å². The molecular formula is C16H22N4O4S. The molecular weight excluding hydrogens is 344 g/mol. The monoisotopic (exact) mass is 366 g/mol. The van der Waals surface area contributed by atoms with E-state index in [9.17, 15) is 9.59 Å². The third-order valence-electron chi connectivity index (χ3n) is 3.30. The molecule has 136 valence electrons. The van der Waals surface area contributed by atoms with Crippen LogP contribution in [0.25, 0.3) is 5.78 Å². The van der Waals surface area contributed by atoms with Crippen LogP contribution < -0.4 is 0 Å². The molecule has 0 atom stereocenters. The fraction of sp³-hybridized carbons (Fsp3) is 0.562. The summed E-state index contributed by atoms with van der Waals surface area (Å²) in [7, 11) is 0. The summed E-state index contributed by atoms with van der Waals surface area (Å²) >= 11 is 1.42. The van der Waals surface area contributed by atoms with Crippen molar-refractivity contribution >= 4 is 29.5 Å². The number of thioether (sulfide) groups is 1. The first kappa shape index (κ1) is 19.2. The molecule has 0 amide bonds. The van der Waals surface area contributed by atoms with Gasteiger partial charge in [-0.2, -0.15) is 4.98 Å². The van der Waals surface area contributed by atoms with Gasteiger partial charge in [-0.1, -0.05) is 11.8 Å². The number of carbonyl (C=O) groups is 2. The molecule has 9 heteroatoms. The lowest BCUT2D eigenvalue weighted by Crippen LogP contribution is -2.27. The van der Waals surface area contributed by atoms with Gasteiger partial charge in [0.15, 0.2) is 6.61 Å². The van der Waals surface area contributed by atoms with Crippen LogP contribution in [0.4, 0.5) is 0 Å². The zero-order valence-electron chi connectivity index (χ0n) is 15.2. The smallest absolute Gasteiger partial charge is 0.344 e. The highest BCUT2D eigenvalue weighted by molar-refractivity contribution is 7.98. The molecule has 8 nitrogen and oxygen atoms in total. The number of fused-ring (bicyclic) bond motifs is 1. The summed E-state index contributed by atoms with van der Waals surface area (Å²) in [5.74, 6) is -0.614. The number of hydrogen-bond donors (Lipinski definition) is 0. The maximum atomic E-state index is 12.1. The first-order chi connectivity index (χ1) is 11.6. The predicted molar refractivity (Wildman–Crippen MR) is 92.5 cm³/mol. The van der Waals surface area contributed by atoms with Gasteiger partial charge in [-0.05, 0) is 40.9 Å². The van der Waals surface area contributed by atoms with E-state index in [0.717, 1.165) is 5.69 Å². The summed E-state index contributed by atoms with van der Waals surface area (Å²) in [6.07, 6.45) is 1.88. The Hall–Kier alpha value is -2.16. The van der Waals surface area contributed by atoms with Crippen LogP contribution in [0.15, 0.2) is 5.16 Å². The van der Waals surface area contributed by atoms with Crippen LogP contribution >= 0.6 is 11.8 Å². The molecule has 0 saturated heterocycles. The van der Waals surface area contributed by atoms with E-state index >= 15 is 0 Å². The fourth-order valence-electron chi connectivity index (χ4n) is 2.24. The zero-order chi connectivity index (χ0) is 18.8. The van der Waals surface area contributed by atoms with Crippen LogP contribution in [0.2, 0.25) is 0 Å². The van der Waals surface area contributed by atoms with E-state index in [1.165, 1.54) is 11.8 Å². The molecule has 0 aliphatic rings. The maximum absolute atomic E-state index is 12.1. The normalized spacial score (nSPS) is 11.6. The topological polar surface area (TPSA) is 95.7 Å². The van der Waals surface area contributed by atoms with Crippen molar-refractivity contribution < 1.29 is 19.1 Å². The van der Waals surface area contributed by atoms with Gasteiger partial charge in [-0.15, -0.1) is 5.10 Å². The minimum atomic E-state index is -0.617. The highest BCUT2D eigenvalue weighted by Crippen LogP contribution is 2.17. The van der Waals surface area contributed by atoms with E-state index in [4.69, 9.17) is 9.47 Å². The Labute approximate surface area is 150 Å². The minimum absolute atomic E-state index is 0.00212. The average molecular weight is 366 g/mol. The van der Waals surface area contributed by atoms with Gasteiger partial charge in [-0.3, -0.25) is 4.79 Å². The van der Waals surface area contributed by atoms with Gasteiger partial charge in [0.05, 0.1) is 6.42 Å². The van der Waals surface area contributed by atoms with Gasteiger partial charge in [0.1, 0.15) is 5.60 Å². The Kier molecular flexibility index (Phi) is 5.66. The molecule has 0 unspecified atom stereocenters. The van der Waals surface area contributed by atoms with Crippen molar-refractivity contribution in [3.05, 3.63) is 17.0 Å². The van der Waals surface area contributed by atoms with Crippen LogP contribution in [0.3, 0.4) is 0 Å². The van der Waals surface area contributed by atoms with Crippen LogP contribution in [0.5, 0.6) is 0 Å². The van der Waals surface area contributed by atoms with Gasteiger partial charge in [0.2, 0.25) is 5.16 Å². The zero-order valence-corrected chi connectivity index (χ0v) is 16.1. The molecule has 25 heavy (non-hydrogen) atoms. The Bertz CT molecular complexity index is 811. The number of ether oxygens (including phenoxy) is 2. The fourth-order valence-corrected chi connectivity index (χ4v) is 2.57. The third-order valence-corrected chi connectivity index (χ3v) is 3.84. The van der Waals surface area contributed by atoms with Gasteiger partial charge in [-0.25, -0.2) is 14.3 Å². The number of aryl methyl sites for hydroxylation is 2. The SMILES string of the molecule is CSc1nc2nc(C)c(CC(=O)OCC(=O)OC(C)(C)C)c(C)n2n1. The minimum Gasteiger partial charge on any atom is -0.457 e. The van der Waals surface area contributed by atoms with Crippen LogP contribution in [-0.2, 0) is 25.5 Å². The quantitative estimate of drug-likeness (QED) is 0.585. The standard InChI is InChI=1S/C16H22N4O4S/c1-9-11(7-12(21)23-8-13(22)24-16(3,4)5)10(2)20-14(17-9)18-15(19-20)25-6/h7-8H2,1-6H3. The maximum Gasteiger partial charge on any atom is 0.344 e. The number of nitrogens with zero attached hydrogens (tertiary/aromatic N) is 4. The Morgan fingerprint density at radius 2 is 1.84 bits per heavy atom. The van der Waals surface area contributed by atoms with E-state index < -0.39 is 24.1 Å². The molecule has 0 bridgehead atoms. The van der Waals surface area contributed by atoms with E-state index in [-0.39, 0.29) is 6.42 Å². The van der Waals surface area contributed by atoms with Crippen molar-refractivity contribution in [3.8, 4) is 0 Å². The van der Waals surface area contributed by atoms with Gasteiger partial charge < -0.3 is 9.47 Å². The first-order valence-electron chi connectivity index (χ1n) is 7.75. The molecule has 0 saturated carbocycles. The molecule has 2 rings (SSSR count). The van der Waals surface area contributed by atoms with E-state index in [1.54, 1.807) is 32.2 Å². The Morgan fingerprint density at radius 1 is 1.16 bits per heavy atom. The first-order valence-corrected chi connectivity index (χ1v) is 8.97. The van der Waals surface area contributed by atoms with E-state index in [2.05, 4.69) is 15.1 Å². The molecule has 0 aliphatic heterocycles. The Morgan fingerprint density at radius 3 is 2.44 bits per heavy atom. The number of rotatable bonds is 5. The van der Waals surface area contributed by atoms with Crippen molar-refractivity contribution in [2.24, 2.45) is 0 Å². The van der Waals surface area contributed by atoms with E-state index in [1.807, 2.05) is 13.2 Å². The highest BCUT2D eigenvalue weighted by Gasteiger charge is 2.20. The van der Waals surface area contributed by atoms with Crippen molar-refractivity contribution in [2.45, 2.75) is 51.8 Å². The molecule has 0 aliphatic carbocycles. The molecule has 0 spiro atoms. The lowest BCUT2D eigenvalue weighted by atomic mass is 10.1. The summed E-state index contributed by atoms with van der Waals surface area (Å²) < 4.78 is 11.7. The number of aromatic nitrogens is 4. The van der Waals surface area contributed by atoms with Crippen molar-refractivity contribution in [1.29, 1.82) is 0 Å². The molecule has 0 aromatic carbocycles. The van der Waals surface area contributed by atoms with Crippen molar-refractivity contribution in [2.75, 3.05) is 12.9 Å². The van der Waals surface area contributed by atoms with Gasteiger partial charge in [0, 0.05) is 17.0 Å². The van der Waals surface area contributed by atoms with Crippen LogP contribution in [0, 0.1) is 13.8 Å². The summed E-state index contributed by atoms with van der Waals surface area (Å²) in [6.45, 7) is 8.49. The van der Waals surface area contributed by atoms with Crippen LogP contribution in [0.1, 0.15) is 37.7 Å². The molecule has 2 heterocycles. The summed E-state index contributed by atoms with van der Waals surface area (Å²) in [6, 6.07) is 0. The lowest BCUT2D eigenvalue weighted by molar-refractivity contribution is -0.166. The third kappa shape index (κ3) is 4.91. The second-order valence-corrected chi connectivity index (χ2v) is 7.27. The predicted octanol–water partition coefficient (Wildman–Crippen LogP) is 1.89. The highest BCUT2D eigenvalue weighted by atomic mass is 32.2. The van der Waals surface area contributed by atoms with Gasteiger partial charge >= 0.3 is 11.9 Å². The Balaban J connectivity index is 2.09. The molecule has 0 fully saturated rings. The van der Waals surface area contributed by atoms with E-state index in [0.29, 0.717) is 22.2 Å². The van der Waals surface area contributed by atoms with Crippen LogP contribution in [-0.4, -0.2) is 50.0 Å². The second-order valence-electron chi connectivity index (χ2n) is 6.50. The molecule has 2 aromatic rings. The summed E-state index contributed by atoms with van der Waals surface area (Å²) in [5, 5.41) is 4.94. The summed E-state index contributed by atoms with van der Waals surface area (Å²) in [4.78, 5) is 32.4. The average Bonchev–Trinajstić information content (AvgIpc) is 2.91.